The van der Waals surface area contributed by atoms with Gasteiger partial charge in [0.2, 0.25) is 5.89 Å². The molecule has 0 saturated carbocycles. The largest absolute Gasteiger partial charge is 0.423 e. The Balaban J connectivity index is 1.65. The normalized spacial score (nSPS) is 11.0. The van der Waals surface area contributed by atoms with Crippen LogP contribution in [-0.2, 0) is 6.42 Å². The zero-order valence-electron chi connectivity index (χ0n) is 10.4. The van der Waals surface area contributed by atoms with Crippen molar-refractivity contribution in [2.45, 2.75) is 13.3 Å². The summed E-state index contributed by atoms with van der Waals surface area (Å²) in [6, 6.07) is 5.81. The fourth-order valence-corrected chi connectivity index (χ4v) is 1.74. The number of benzene rings is 1. The summed E-state index contributed by atoms with van der Waals surface area (Å²) < 4.78 is 10.4. The molecule has 2 heterocycles. The minimum Gasteiger partial charge on any atom is -0.423 e. The summed E-state index contributed by atoms with van der Waals surface area (Å²) in [6.07, 6.45) is 0.637. The van der Waals surface area contributed by atoms with E-state index in [0.717, 1.165) is 5.52 Å². The van der Waals surface area contributed by atoms with Crippen LogP contribution in [0.1, 0.15) is 11.7 Å². The van der Waals surface area contributed by atoms with E-state index in [0.29, 0.717) is 42.0 Å². The van der Waals surface area contributed by atoms with Gasteiger partial charge in [0, 0.05) is 31.6 Å². The summed E-state index contributed by atoms with van der Waals surface area (Å²) in [6.45, 7) is 2.37. The zero-order valence-corrected chi connectivity index (χ0v) is 10.4. The number of fused-ring (bicyclic) bond motifs is 1. The number of aryl methyl sites for hydroxylation is 1. The molecule has 1 aromatic carbocycles. The van der Waals surface area contributed by atoms with E-state index >= 15 is 0 Å². The molecule has 3 aromatic rings. The number of aromatic nitrogens is 3. The van der Waals surface area contributed by atoms with Gasteiger partial charge in [-0.15, -0.1) is 0 Å². The Morgan fingerprint density at radius 1 is 1.32 bits per heavy atom. The molecule has 98 valence electrons. The van der Waals surface area contributed by atoms with Crippen molar-refractivity contribution in [3.8, 4) is 0 Å². The first-order valence-corrected chi connectivity index (χ1v) is 5.90. The van der Waals surface area contributed by atoms with Gasteiger partial charge in [0.25, 0.3) is 6.01 Å². The predicted octanol–water partition coefficient (Wildman–Crippen LogP) is 1.76. The van der Waals surface area contributed by atoms with E-state index in [4.69, 9.17) is 14.7 Å². The van der Waals surface area contributed by atoms with Crippen molar-refractivity contribution in [2.24, 2.45) is 0 Å². The Hall–Kier alpha value is -2.57. The number of anilines is 2. The number of nitrogens with zero attached hydrogens (tertiary/aromatic N) is 3. The lowest BCUT2D eigenvalue weighted by molar-refractivity contribution is 0.387. The number of hydrogen-bond acceptors (Lipinski definition) is 7. The third-order valence-electron chi connectivity index (χ3n) is 2.61. The van der Waals surface area contributed by atoms with Crippen LogP contribution in [0.15, 0.2) is 27.1 Å². The Morgan fingerprint density at radius 2 is 2.21 bits per heavy atom. The summed E-state index contributed by atoms with van der Waals surface area (Å²) in [5.74, 6) is 1.22. The van der Waals surface area contributed by atoms with Crippen LogP contribution in [0.4, 0.5) is 11.7 Å². The second kappa shape index (κ2) is 4.60. The lowest BCUT2D eigenvalue weighted by atomic mass is 10.3. The van der Waals surface area contributed by atoms with Gasteiger partial charge in [-0.05, 0) is 12.1 Å². The molecule has 7 heteroatoms. The first-order valence-electron chi connectivity index (χ1n) is 5.90. The van der Waals surface area contributed by atoms with Gasteiger partial charge in [0.05, 0.1) is 0 Å². The highest BCUT2D eigenvalue weighted by Gasteiger charge is 2.06. The van der Waals surface area contributed by atoms with Crippen molar-refractivity contribution in [1.82, 2.24) is 15.1 Å². The van der Waals surface area contributed by atoms with Gasteiger partial charge in [0.1, 0.15) is 5.52 Å². The maximum atomic E-state index is 5.68. The molecule has 19 heavy (non-hydrogen) atoms. The average Bonchev–Trinajstić information content (AvgIpc) is 2.95. The van der Waals surface area contributed by atoms with Crippen LogP contribution in [0.3, 0.4) is 0 Å². The molecular weight excluding hydrogens is 246 g/mol. The first kappa shape index (κ1) is 11.5. The van der Waals surface area contributed by atoms with Gasteiger partial charge >= 0.3 is 0 Å². The number of rotatable bonds is 4. The minimum atomic E-state index is 0.459. The second-order valence-electron chi connectivity index (χ2n) is 4.15. The first-order chi connectivity index (χ1) is 9.20. The lowest BCUT2D eigenvalue weighted by Gasteiger charge is -1.97. The minimum absolute atomic E-state index is 0.459. The van der Waals surface area contributed by atoms with Crippen LogP contribution in [0.5, 0.6) is 0 Å². The van der Waals surface area contributed by atoms with Gasteiger partial charge in [-0.3, -0.25) is 0 Å². The van der Waals surface area contributed by atoms with Gasteiger partial charge in [0.15, 0.2) is 11.4 Å². The van der Waals surface area contributed by atoms with Crippen molar-refractivity contribution in [3.05, 3.63) is 29.9 Å². The third-order valence-corrected chi connectivity index (χ3v) is 2.61. The van der Waals surface area contributed by atoms with Gasteiger partial charge in [-0.2, -0.15) is 9.97 Å². The fourth-order valence-electron chi connectivity index (χ4n) is 1.74. The van der Waals surface area contributed by atoms with Crippen molar-refractivity contribution in [1.29, 1.82) is 0 Å². The average molecular weight is 259 g/mol. The third kappa shape index (κ3) is 2.49. The number of nitrogens with one attached hydrogen (secondary N) is 1. The van der Waals surface area contributed by atoms with Crippen molar-refractivity contribution in [3.63, 3.8) is 0 Å². The van der Waals surface area contributed by atoms with Gasteiger partial charge in [-0.1, -0.05) is 5.16 Å². The van der Waals surface area contributed by atoms with Crippen molar-refractivity contribution in [2.75, 3.05) is 17.6 Å². The number of nitrogen functional groups attached to an aromatic ring is 1. The molecule has 3 rings (SSSR count). The molecule has 0 aliphatic carbocycles. The maximum Gasteiger partial charge on any atom is 0.295 e. The molecule has 0 amide bonds. The van der Waals surface area contributed by atoms with Crippen LogP contribution in [0.2, 0.25) is 0 Å². The Kier molecular flexibility index (Phi) is 2.79. The quantitative estimate of drug-likeness (QED) is 0.688. The summed E-state index contributed by atoms with van der Waals surface area (Å²) in [5.41, 5.74) is 7.76. The van der Waals surface area contributed by atoms with E-state index in [1.54, 1.807) is 19.1 Å². The van der Waals surface area contributed by atoms with E-state index in [-0.39, 0.29) is 0 Å². The number of nitrogens with two attached hydrogens (primary N) is 1. The molecule has 0 spiro atoms. The van der Waals surface area contributed by atoms with E-state index in [2.05, 4.69) is 20.4 Å². The van der Waals surface area contributed by atoms with Crippen LogP contribution < -0.4 is 11.1 Å². The topological polar surface area (TPSA) is 103 Å². The molecule has 0 unspecified atom stereocenters. The molecule has 0 bridgehead atoms. The molecule has 0 aliphatic rings. The lowest BCUT2D eigenvalue weighted by Crippen LogP contribution is -2.06. The Bertz CT molecular complexity index is 703. The Morgan fingerprint density at radius 3 is 3.00 bits per heavy atom. The van der Waals surface area contributed by atoms with E-state index in [1.807, 2.05) is 6.07 Å². The summed E-state index contributed by atoms with van der Waals surface area (Å²) in [7, 11) is 0. The van der Waals surface area contributed by atoms with Crippen molar-refractivity contribution < 1.29 is 8.94 Å². The molecule has 0 fully saturated rings. The predicted molar refractivity (Wildman–Crippen MR) is 69.7 cm³/mol. The Labute approximate surface area is 108 Å². The molecule has 0 radical (unpaired) electrons. The highest BCUT2D eigenvalue weighted by Crippen LogP contribution is 2.20. The molecule has 0 saturated heterocycles. The standard InChI is InChI=1S/C12H13N5O2/c1-7-15-11(17-19-7)4-5-14-12-16-9-3-2-8(13)6-10(9)18-12/h2-3,6H,4-5,13H2,1H3,(H,14,16). The molecule has 7 nitrogen and oxygen atoms in total. The second-order valence-corrected chi connectivity index (χ2v) is 4.15. The van der Waals surface area contributed by atoms with Crippen molar-refractivity contribution >= 4 is 22.8 Å². The molecular formula is C12H13N5O2. The smallest absolute Gasteiger partial charge is 0.295 e. The number of hydrogen-bond donors (Lipinski definition) is 2. The van der Waals surface area contributed by atoms with Gasteiger partial charge in [-0.25, -0.2) is 0 Å². The molecule has 3 N–H and O–H groups in total. The van der Waals surface area contributed by atoms with Crippen LogP contribution >= 0.6 is 0 Å². The summed E-state index contributed by atoms with van der Waals surface area (Å²) in [5, 5.41) is 6.88. The summed E-state index contributed by atoms with van der Waals surface area (Å²) >= 11 is 0. The monoisotopic (exact) mass is 259 g/mol. The molecule has 0 atom stereocenters. The molecule has 2 aromatic heterocycles. The highest BCUT2D eigenvalue weighted by atomic mass is 16.5. The van der Waals surface area contributed by atoms with E-state index in [9.17, 15) is 0 Å². The van der Waals surface area contributed by atoms with E-state index in [1.165, 1.54) is 0 Å². The summed E-state index contributed by atoms with van der Waals surface area (Å²) in [4.78, 5) is 8.40. The molecule has 0 aliphatic heterocycles. The zero-order chi connectivity index (χ0) is 13.2. The van der Waals surface area contributed by atoms with Gasteiger partial charge < -0.3 is 20.0 Å². The highest BCUT2D eigenvalue weighted by molar-refractivity contribution is 5.78. The van der Waals surface area contributed by atoms with Crippen LogP contribution in [0, 0.1) is 6.92 Å². The maximum absolute atomic E-state index is 5.68. The van der Waals surface area contributed by atoms with Crippen LogP contribution in [0.25, 0.3) is 11.1 Å². The fraction of sp³-hybridized carbons (Fsp3) is 0.250. The van der Waals surface area contributed by atoms with Crippen LogP contribution in [-0.4, -0.2) is 21.7 Å². The van der Waals surface area contributed by atoms with E-state index < -0.39 is 0 Å². The SMILES string of the molecule is Cc1nc(CCNc2nc3ccc(N)cc3o2)no1. The number of oxazole rings is 1.